The molecule has 0 aliphatic carbocycles. The standard InChI is InChI=1S/C9H21NO/c1-5-8(3)11-7-9(6-2)10-4/h8-10H,5-7H2,1-4H3. The van der Waals surface area contributed by atoms with Gasteiger partial charge in [-0.25, -0.2) is 0 Å². The fraction of sp³-hybridized carbons (Fsp3) is 1.00. The van der Waals surface area contributed by atoms with Crippen LogP contribution in [0, 0.1) is 0 Å². The van der Waals surface area contributed by atoms with Crippen molar-refractivity contribution in [1.29, 1.82) is 0 Å². The van der Waals surface area contributed by atoms with Gasteiger partial charge >= 0.3 is 0 Å². The van der Waals surface area contributed by atoms with E-state index in [0.717, 1.165) is 19.4 Å². The van der Waals surface area contributed by atoms with Crippen molar-refractivity contribution in [2.24, 2.45) is 0 Å². The average molecular weight is 159 g/mol. The molecule has 0 rings (SSSR count). The summed E-state index contributed by atoms with van der Waals surface area (Å²) in [7, 11) is 1.98. The normalized spacial score (nSPS) is 16.4. The second kappa shape index (κ2) is 6.62. The third kappa shape index (κ3) is 5.22. The SMILES string of the molecule is CCC(COC(C)CC)NC. The molecule has 0 amide bonds. The van der Waals surface area contributed by atoms with Crippen molar-refractivity contribution in [2.75, 3.05) is 13.7 Å². The highest BCUT2D eigenvalue weighted by Gasteiger charge is 2.04. The Balaban J connectivity index is 3.34. The molecule has 11 heavy (non-hydrogen) atoms. The van der Waals surface area contributed by atoms with Crippen molar-refractivity contribution in [3.05, 3.63) is 0 Å². The van der Waals surface area contributed by atoms with Crippen molar-refractivity contribution < 1.29 is 4.74 Å². The van der Waals surface area contributed by atoms with Crippen LogP contribution in [-0.4, -0.2) is 25.8 Å². The Labute approximate surface area is 70.3 Å². The van der Waals surface area contributed by atoms with Crippen molar-refractivity contribution >= 4 is 0 Å². The van der Waals surface area contributed by atoms with Crippen molar-refractivity contribution in [2.45, 2.75) is 45.8 Å². The molecule has 0 aliphatic heterocycles. The van der Waals surface area contributed by atoms with Crippen LogP contribution < -0.4 is 5.32 Å². The van der Waals surface area contributed by atoms with Gasteiger partial charge in [0, 0.05) is 6.04 Å². The van der Waals surface area contributed by atoms with Gasteiger partial charge < -0.3 is 10.1 Å². The minimum Gasteiger partial charge on any atom is -0.377 e. The van der Waals surface area contributed by atoms with Crippen LogP contribution in [0.5, 0.6) is 0 Å². The van der Waals surface area contributed by atoms with Gasteiger partial charge in [-0.05, 0) is 26.8 Å². The number of likely N-dealkylation sites (N-methyl/N-ethyl adjacent to an activating group) is 1. The maximum Gasteiger partial charge on any atom is 0.0623 e. The molecule has 0 aromatic rings. The minimum absolute atomic E-state index is 0.400. The second-order valence-electron chi connectivity index (χ2n) is 2.95. The molecule has 0 aromatic heterocycles. The van der Waals surface area contributed by atoms with Gasteiger partial charge in [0.25, 0.3) is 0 Å². The lowest BCUT2D eigenvalue weighted by Gasteiger charge is -2.17. The van der Waals surface area contributed by atoms with Gasteiger partial charge in [0.1, 0.15) is 0 Å². The van der Waals surface area contributed by atoms with Crippen molar-refractivity contribution in [1.82, 2.24) is 5.32 Å². The number of hydrogen-bond acceptors (Lipinski definition) is 2. The first-order valence-electron chi connectivity index (χ1n) is 4.53. The Morgan fingerprint density at radius 3 is 2.27 bits per heavy atom. The molecule has 2 unspecified atom stereocenters. The molecule has 68 valence electrons. The van der Waals surface area contributed by atoms with E-state index < -0.39 is 0 Å². The van der Waals surface area contributed by atoms with Gasteiger partial charge in [0.05, 0.1) is 12.7 Å². The summed E-state index contributed by atoms with van der Waals surface area (Å²) in [6.45, 7) is 7.26. The predicted molar refractivity (Wildman–Crippen MR) is 48.8 cm³/mol. The molecular weight excluding hydrogens is 138 g/mol. The lowest BCUT2D eigenvalue weighted by molar-refractivity contribution is 0.0483. The number of nitrogens with one attached hydrogen (secondary N) is 1. The van der Waals surface area contributed by atoms with E-state index in [-0.39, 0.29) is 0 Å². The second-order valence-corrected chi connectivity index (χ2v) is 2.95. The molecular formula is C9H21NO. The van der Waals surface area contributed by atoms with Crippen molar-refractivity contribution in [3.63, 3.8) is 0 Å². The summed E-state index contributed by atoms with van der Waals surface area (Å²) in [5.41, 5.74) is 0. The first kappa shape index (κ1) is 10.9. The molecule has 0 saturated carbocycles. The van der Waals surface area contributed by atoms with Gasteiger partial charge in [-0.15, -0.1) is 0 Å². The third-order valence-corrected chi connectivity index (χ3v) is 2.06. The summed E-state index contributed by atoms with van der Waals surface area (Å²) in [6.07, 6.45) is 2.63. The lowest BCUT2D eigenvalue weighted by Crippen LogP contribution is -2.30. The molecule has 1 N–H and O–H groups in total. The highest BCUT2D eigenvalue weighted by atomic mass is 16.5. The summed E-state index contributed by atoms with van der Waals surface area (Å²) in [6, 6.07) is 0.518. The van der Waals surface area contributed by atoms with Crippen LogP contribution in [0.1, 0.15) is 33.6 Å². The first-order chi connectivity index (χ1) is 5.24. The van der Waals surface area contributed by atoms with Gasteiger partial charge in [-0.3, -0.25) is 0 Å². The summed E-state index contributed by atoms with van der Waals surface area (Å²) in [4.78, 5) is 0. The lowest BCUT2D eigenvalue weighted by atomic mass is 10.2. The van der Waals surface area contributed by atoms with Crippen molar-refractivity contribution in [3.8, 4) is 0 Å². The smallest absolute Gasteiger partial charge is 0.0623 e. The van der Waals surface area contributed by atoms with E-state index >= 15 is 0 Å². The third-order valence-electron chi connectivity index (χ3n) is 2.06. The molecule has 0 fully saturated rings. The Morgan fingerprint density at radius 2 is 1.91 bits per heavy atom. The van der Waals surface area contributed by atoms with Gasteiger partial charge in [-0.1, -0.05) is 13.8 Å². The molecule has 0 bridgehead atoms. The van der Waals surface area contributed by atoms with Gasteiger partial charge in [0.15, 0.2) is 0 Å². The summed E-state index contributed by atoms with van der Waals surface area (Å²) >= 11 is 0. The first-order valence-corrected chi connectivity index (χ1v) is 4.53. The quantitative estimate of drug-likeness (QED) is 0.638. The van der Waals surface area contributed by atoms with Gasteiger partial charge in [0.2, 0.25) is 0 Å². The molecule has 2 nitrogen and oxygen atoms in total. The molecule has 2 atom stereocenters. The Hall–Kier alpha value is -0.0800. The summed E-state index contributed by atoms with van der Waals surface area (Å²) in [5, 5.41) is 3.21. The summed E-state index contributed by atoms with van der Waals surface area (Å²) < 4.78 is 5.57. The number of hydrogen-bond donors (Lipinski definition) is 1. The highest BCUT2D eigenvalue weighted by Crippen LogP contribution is 1.98. The van der Waals surface area contributed by atoms with Gasteiger partial charge in [-0.2, -0.15) is 0 Å². The van der Waals surface area contributed by atoms with E-state index in [1.807, 2.05) is 7.05 Å². The predicted octanol–water partition coefficient (Wildman–Crippen LogP) is 1.80. The zero-order valence-electron chi connectivity index (χ0n) is 8.18. The molecule has 0 saturated heterocycles. The number of ether oxygens (including phenoxy) is 1. The van der Waals surface area contributed by atoms with E-state index in [0.29, 0.717) is 12.1 Å². The van der Waals surface area contributed by atoms with E-state index in [2.05, 4.69) is 26.1 Å². The van der Waals surface area contributed by atoms with Crippen LogP contribution in [0.2, 0.25) is 0 Å². The maximum absolute atomic E-state index is 5.57. The number of rotatable bonds is 6. The topological polar surface area (TPSA) is 21.3 Å². The summed E-state index contributed by atoms with van der Waals surface area (Å²) in [5.74, 6) is 0. The van der Waals surface area contributed by atoms with E-state index in [9.17, 15) is 0 Å². The molecule has 2 heteroatoms. The Kier molecular flexibility index (Phi) is 6.57. The fourth-order valence-electron chi connectivity index (χ4n) is 0.804. The van der Waals surface area contributed by atoms with E-state index in [1.54, 1.807) is 0 Å². The van der Waals surface area contributed by atoms with Crippen LogP contribution in [0.15, 0.2) is 0 Å². The monoisotopic (exact) mass is 159 g/mol. The largest absolute Gasteiger partial charge is 0.377 e. The Morgan fingerprint density at radius 1 is 1.27 bits per heavy atom. The molecule has 0 radical (unpaired) electrons. The zero-order chi connectivity index (χ0) is 8.69. The maximum atomic E-state index is 5.57. The van der Waals surface area contributed by atoms with E-state index in [4.69, 9.17) is 4.74 Å². The molecule has 0 aromatic carbocycles. The van der Waals surface area contributed by atoms with Crippen LogP contribution in [0.25, 0.3) is 0 Å². The molecule has 0 spiro atoms. The van der Waals surface area contributed by atoms with Crippen LogP contribution >= 0.6 is 0 Å². The Bertz CT molecular complexity index is 81.6. The fourth-order valence-corrected chi connectivity index (χ4v) is 0.804. The molecule has 0 heterocycles. The minimum atomic E-state index is 0.400. The zero-order valence-corrected chi connectivity index (χ0v) is 8.18. The van der Waals surface area contributed by atoms with Crippen LogP contribution in [-0.2, 0) is 4.74 Å². The molecule has 0 aliphatic rings. The van der Waals surface area contributed by atoms with Crippen LogP contribution in [0.3, 0.4) is 0 Å². The average Bonchev–Trinajstić information content (AvgIpc) is 2.06. The van der Waals surface area contributed by atoms with Crippen LogP contribution in [0.4, 0.5) is 0 Å². The highest BCUT2D eigenvalue weighted by molar-refractivity contribution is 4.60. The van der Waals surface area contributed by atoms with E-state index in [1.165, 1.54) is 0 Å².